The smallest absolute Gasteiger partial charge is 0.408 e. The molecule has 212 valence electrons. The number of carbonyl (C=O) groups is 3. The molecule has 0 aromatic rings. The van der Waals surface area contributed by atoms with Crippen LogP contribution in [0.1, 0.15) is 79.1 Å². The second-order valence-electron chi connectivity index (χ2n) is 11.2. The summed E-state index contributed by atoms with van der Waals surface area (Å²) in [7, 11) is 2.92. The van der Waals surface area contributed by atoms with Gasteiger partial charge in [-0.3, -0.25) is 4.79 Å². The van der Waals surface area contributed by atoms with Gasteiger partial charge in [-0.15, -0.1) is 0 Å². The van der Waals surface area contributed by atoms with Crippen LogP contribution < -0.4 is 10.6 Å². The topological polar surface area (TPSA) is 128 Å². The fourth-order valence-electron chi connectivity index (χ4n) is 5.81. The molecule has 7 atom stereocenters. The third-order valence-corrected chi connectivity index (χ3v) is 8.10. The van der Waals surface area contributed by atoms with Crippen LogP contribution in [-0.2, 0) is 33.3 Å². The number of nitrogens with one attached hydrogen (secondary N) is 2. The van der Waals surface area contributed by atoms with Crippen molar-refractivity contribution in [2.24, 2.45) is 11.8 Å². The summed E-state index contributed by atoms with van der Waals surface area (Å²) in [5, 5.41) is 5.48. The molecule has 10 heteroatoms. The van der Waals surface area contributed by atoms with E-state index in [1.807, 2.05) is 0 Å². The Morgan fingerprint density at radius 2 is 1.86 bits per heavy atom. The lowest BCUT2D eigenvalue weighted by Gasteiger charge is -2.42. The lowest BCUT2D eigenvalue weighted by molar-refractivity contribution is -0.143. The lowest BCUT2D eigenvalue weighted by atomic mass is 9.68. The quantitative estimate of drug-likeness (QED) is 0.201. The second kappa shape index (κ2) is 12.8. The summed E-state index contributed by atoms with van der Waals surface area (Å²) in [5.41, 5.74) is -0.674. The van der Waals surface area contributed by atoms with Crippen molar-refractivity contribution in [1.82, 2.24) is 10.6 Å². The first-order chi connectivity index (χ1) is 17.6. The van der Waals surface area contributed by atoms with Gasteiger partial charge in [0.15, 0.2) is 0 Å². The molecular formula is C27H46N2O8. The van der Waals surface area contributed by atoms with E-state index >= 15 is 0 Å². The van der Waals surface area contributed by atoms with Crippen molar-refractivity contribution in [3.8, 4) is 0 Å². The molecule has 1 saturated carbocycles. The molecule has 2 saturated heterocycles. The molecule has 0 aromatic heterocycles. The van der Waals surface area contributed by atoms with E-state index in [-0.39, 0.29) is 35.2 Å². The van der Waals surface area contributed by atoms with Gasteiger partial charge >= 0.3 is 12.1 Å². The number of ether oxygens (including phenoxy) is 5. The number of epoxide rings is 2. The molecule has 2 aliphatic heterocycles. The van der Waals surface area contributed by atoms with Crippen LogP contribution in [0.15, 0.2) is 0 Å². The number of hydrogen-bond acceptors (Lipinski definition) is 8. The van der Waals surface area contributed by atoms with Gasteiger partial charge in [-0.25, -0.2) is 9.59 Å². The van der Waals surface area contributed by atoms with Gasteiger partial charge in [0.1, 0.15) is 29.5 Å². The average Bonchev–Trinajstić information content (AvgIpc) is 3.78. The molecule has 0 bridgehead atoms. The number of hydrogen-bond donors (Lipinski definition) is 2. The van der Waals surface area contributed by atoms with Crippen molar-refractivity contribution in [2.75, 3.05) is 27.4 Å². The highest BCUT2D eigenvalue weighted by Gasteiger charge is 2.72. The van der Waals surface area contributed by atoms with E-state index in [1.165, 1.54) is 7.11 Å². The summed E-state index contributed by atoms with van der Waals surface area (Å²) in [6.45, 7) is 9.51. The molecule has 1 aliphatic carbocycles. The molecule has 4 unspecified atom stereocenters. The van der Waals surface area contributed by atoms with E-state index in [9.17, 15) is 14.4 Å². The maximum Gasteiger partial charge on any atom is 0.408 e. The maximum atomic E-state index is 12.9. The third kappa shape index (κ3) is 7.35. The molecule has 3 aliphatic rings. The summed E-state index contributed by atoms with van der Waals surface area (Å²) < 4.78 is 28.9. The van der Waals surface area contributed by atoms with Gasteiger partial charge in [0, 0.05) is 20.1 Å². The maximum absolute atomic E-state index is 12.9. The van der Waals surface area contributed by atoms with Gasteiger partial charge in [0.05, 0.1) is 25.7 Å². The Labute approximate surface area is 220 Å². The van der Waals surface area contributed by atoms with E-state index in [4.69, 9.17) is 23.7 Å². The minimum absolute atomic E-state index is 0.0141. The molecule has 1 spiro atoms. The Kier molecular flexibility index (Phi) is 10.2. The monoisotopic (exact) mass is 526 g/mol. The van der Waals surface area contributed by atoms with Gasteiger partial charge < -0.3 is 34.3 Å². The molecule has 37 heavy (non-hydrogen) atoms. The summed E-state index contributed by atoms with van der Waals surface area (Å²) in [5.74, 6) is 0.00148. The third-order valence-electron chi connectivity index (χ3n) is 8.10. The molecule has 3 fully saturated rings. The summed E-state index contributed by atoms with van der Waals surface area (Å²) in [4.78, 5) is 36.6. The summed E-state index contributed by atoms with van der Waals surface area (Å²) >= 11 is 0. The molecule has 0 radical (unpaired) electrons. The minimum atomic E-state index is -0.831. The zero-order valence-electron chi connectivity index (χ0n) is 23.3. The van der Waals surface area contributed by atoms with Gasteiger partial charge in [0.2, 0.25) is 5.91 Å². The number of esters is 1. The zero-order valence-corrected chi connectivity index (χ0v) is 23.3. The number of unbranched alkanes of at least 4 members (excludes halogenated alkanes) is 1. The number of methoxy groups -OCH3 is 2. The highest BCUT2D eigenvalue weighted by atomic mass is 16.6. The highest BCUT2D eigenvalue weighted by Crippen LogP contribution is 2.59. The predicted octanol–water partition coefficient (Wildman–Crippen LogP) is 3.11. The van der Waals surface area contributed by atoms with Crippen molar-refractivity contribution in [1.29, 1.82) is 0 Å². The van der Waals surface area contributed by atoms with Gasteiger partial charge in [-0.05, 0) is 57.8 Å². The van der Waals surface area contributed by atoms with Gasteiger partial charge in [0.25, 0.3) is 0 Å². The van der Waals surface area contributed by atoms with Gasteiger partial charge in [-0.1, -0.05) is 20.8 Å². The van der Waals surface area contributed by atoms with E-state index in [2.05, 4.69) is 31.4 Å². The van der Waals surface area contributed by atoms with E-state index in [0.29, 0.717) is 51.2 Å². The Morgan fingerprint density at radius 3 is 2.46 bits per heavy atom. The number of alkyl carbamates (subject to hydrolysis) is 1. The van der Waals surface area contributed by atoms with Crippen LogP contribution in [0, 0.1) is 11.8 Å². The Morgan fingerprint density at radius 1 is 1.14 bits per heavy atom. The number of amides is 2. The first-order valence-corrected chi connectivity index (χ1v) is 13.8. The Balaban J connectivity index is 1.57. The fourth-order valence-corrected chi connectivity index (χ4v) is 5.81. The lowest BCUT2D eigenvalue weighted by Crippen LogP contribution is -2.56. The Bertz CT molecular complexity index is 801. The van der Waals surface area contributed by atoms with Crippen LogP contribution >= 0.6 is 0 Å². The molecule has 3 rings (SSSR count). The van der Waals surface area contributed by atoms with Crippen LogP contribution in [0.25, 0.3) is 0 Å². The first kappa shape index (κ1) is 29.6. The van der Waals surface area contributed by atoms with Crippen molar-refractivity contribution in [2.45, 2.75) is 115 Å². The number of carbonyl (C=O) groups excluding carboxylic acids is 3. The summed E-state index contributed by atoms with van der Waals surface area (Å²) in [6, 6.07) is -0.831. The highest BCUT2D eigenvalue weighted by molar-refractivity contribution is 5.81. The second-order valence-corrected chi connectivity index (χ2v) is 11.2. The standard InChI is InChI=1S/C27H46N2O8/c1-7-21(30)28-15-9-8-10-18(24(31)34-6)29-25(32)36-19-13-14-27(16-35-27)23(22(19)33-5)26(4)20(37-26)12-11-17(2)3/h17-20,22-23H,7-16H2,1-6H3,(H,28,30)(H,29,32)/t18?,19?,20-,22?,23?,26+,27+/m1/s1. The van der Waals surface area contributed by atoms with Crippen molar-refractivity contribution < 1.29 is 38.1 Å². The van der Waals surface area contributed by atoms with Crippen LogP contribution in [0.4, 0.5) is 4.79 Å². The molecule has 2 N–H and O–H groups in total. The predicted molar refractivity (Wildman–Crippen MR) is 136 cm³/mol. The first-order valence-electron chi connectivity index (χ1n) is 13.8. The van der Waals surface area contributed by atoms with E-state index in [0.717, 1.165) is 19.3 Å². The minimum Gasteiger partial charge on any atom is -0.467 e. The SMILES string of the molecule is CCC(=O)NCCCCC(NC(=O)OC1CC[C@]2(CO2)C([C@@]2(C)O[C@@H]2CCC(C)C)C1OC)C(=O)OC. The van der Waals surface area contributed by atoms with Crippen LogP contribution in [0.5, 0.6) is 0 Å². The molecule has 2 heterocycles. The summed E-state index contributed by atoms with van der Waals surface area (Å²) in [6.07, 6.45) is 4.15. The van der Waals surface area contributed by atoms with Gasteiger partial charge in [-0.2, -0.15) is 0 Å². The van der Waals surface area contributed by atoms with E-state index in [1.54, 1.807) is 14.0 Å². The van der Waals surface area contributed by atoms with Crippen LogP contribution in [0.3, 0.4) is 0 Å². The average molecular weight is 527 g/mol. The van der Waals surface area contributed by atoms with Crippen molar-refractivity contribution >= 4 is 18.0 Å². The van der Waals surface area contributed by atoms with Crippen molar-refractivity contribution in [3.63, 3.8) is 0 Å². The molecule has 2 amide bonds. The molecule has 10 nitrogen and oxygen atoms in total. The Hall–Kier alpha value is -1.91. The largest absolute Gasteiger partial charge is 0.467 e. The fraction of sp³-hybridized carbons (Fsp3) is 0.889. The van der Waals surface area contributed by atoms with E-state index < -0.39 is 24.2 Å². The van der Waals surface area contributed by atoms with Crippen LogP contribution in [0.2, 0.25) is 0 Å². The molecular weight excluding hydrogens is 480 g/mol. The van der Waals surface area contributed by atoms with Crippen LogP contribution in [-0.4, -0.2) is 80.9 Å². The number of rotatable bonds is 14. The zero-order chi connectivity index (χ0) is 27.2. The molecule has 0 aromatic carbocycles. The normalized spacial score (nSPS) is 33.1. The van der Waals surface area contributed by atoms with Crippen molar-refractivity contribution in [3.05, 3.63) is 0 Å².